The molecule has 0 fully saturated rings. The first-order chi connectivity index (χ1) is 6.11. The molecule has 0 spiro atoms. The molecule has 6 N–H and O–H groups in total. The summed E-state index contributed by atoms with van der Waals surface area (Å²) in [5, 5.41) is 0. The van der Waals surface area contributed by atoms with E-state index >= 15 is 0 Å². The van der Waals surface area contributed by atoms with Crippen molar-refractivity contribution in [1.29, 1.82) is 0 Å². The van der Waals surface area contributed by atoms with Gasteiger partial charge < -0.3 is 17.2 Å². The van der Waals surface area contributed by atoms with E-state index in [2.05, 4.69) is 6.92 Å². The molecule has 72 valence electrons. The maximum absolute atomic E-state index is 5.94. The van der Waals surface area contributed by atoms with Gasteiger partial charge in [-0.25, -0.2) is 0 Å². The number of rotatable bonds is 2. The van der Waals surface area contributed by atoms with Crippen molar-refractivity contribution in [2.75, 3.05) is 17.2 Å². The van der Waals surface area contributed by atoms with Crippen LogP contribution in [0.15, 0.2) is 6.07 Å². The first-order valence-electron chi connectivity index (χ1n) is 4.56. The largest absolute Gasteiger partial charge is 0.398 e. The fourth-order valence-electron chi connectivity index (χ4n) is 1.53. The number of anilines is 3. The molecule has 0 aliphatic rings. The molecule has 0 radical (unpaired) electrons. The van der Waals surface area contributed by atoms with Crippen LogP contribution in [0.4, 0.5) is 17.1 Å². The van der Waals surface area contributed by atoms with Gasteiger partial charge in [0.15, 0.2) is 0 Å². The minimum absolute atomic E-state index is 0.636. The van der Waals surface area contributed by atoms with Crippen molar-refractivity contribution in [2.24, 2.45) is 0 Å². The molecular formula is C10H17N3. The zero-order valence-corrected chi connectivity index (χ0v) is 8.22. The molecule has 3 nitrogen and oxygen atoms in total. The van der Waals surface area contributed by atoms with Crippen LogP contribution >= 0.6 is 0 Å². The molecule has 1 rings (SSSR count). The molecular weight excluding hydrogens is 162 g/mol. The summed E-state index contributed by atoms with van der Waals surface area (Å²) in [6.45, 7) is 4.09. The number of aryl methyl sites for hydroxylation is 1. The number of benzene rings is 1. The second-order valence-electron chi connectivity index (χ2n) is 3.14. The summed E-state index contributed by atoms with van der Waals surface area (Å²) in [5.74, 6) is 0. The van der Waals surface area contributed by atoms with Crippen LogP contribution in [0.2, 0.25) is 0 Å². The molecule has 0 saturated carbocycles. The Morgan fingerprint density at radius 1 is 1.00 bits per heavy atom. The molecule has 13 heavy (non-hydrogen) atoms. The van der Waals surface area contributed by atoms with Crippen molar-refractivity contribution in [1.82, 2.24) is 0 Å². The smallest absolute Gasteiger partial charge is 0.0601 e. The lowest BCUT2D eigenvalue weighted by Gasteiger charge is -2.13. The van der Waals surface area contributed by atoms with Gasteiger partial charge in [0.2, 0.25) is 0 Å². The molecule has 3 heteroatoms. The van der Waals surface area contributed by atoms with E-state index in [1.807, 2.05) is 13.0 Å². The minimum atomic E-state index is 0.636. The summed E-state index contributed by atoms with van der Waals surface area (Å²) in [7, 11) is 0. The van der Waals surface area contributed by atoms with E-state index in [0.29, 0.717) is 11.4 Å². The lowest BCUT2D eigenvalue weighted by molar-refractivity contribution is 1.10. The summed E-state index contributed by atoms with van der Waals surface area (Å²) in [5.41, 5.74) is 21.7. The lowest BCUT2D eigenvalue weighted by Crippen LogP contribution is -2.06. The Kier molecular flexibility index (Phi) is 2.66. The van der Waals surface area contributed by atoms with Crippen LogP contribution in [-0.2, 0) is 12.8 Å². The first-order valence-corrected chi connectivity index (χ1v) is 4.56. The average molecular weight is 179 g/mol. The van der Waals surface area contributed by atoms with Crippen molar-refractivity contribution in [3.63, 3.8) is 0 Å². The third-order valence-electron chi connectivity index (χ3n) is 2.37. The van der Waals surface area contributed by atoms with Crippen LogP contribution in [-0.4, -0.2) is 0 Å². The molecule has 0 aliphatic carbocycles. The Morgan fingerprint density at radius 3 is 2.08 bits per heavy atom. The first kappa shape index (κ1) is 9.71. The second-order valence-corrected chi connectivity index (χ2v) is 3.14. The Labute approximate surface area is 78.9 Å². The molecule has 0 aliphatic heterocycles. The van der Waals surface area contributed by atoms with Gasteiger partial charge in [-0.15, -0.1) is 0 Å². The molecule has 0 saturated heterocycles. The van der Waals surface area contributed by atoms with E-state index in [1.54, 1.807) is 0 Å². The molecule has 1 aromatic carbocycles. The van der Waals surface area contributed by atoms with Crippen molar-refractivity contribution >= 4 is 17.1 Å². The van der Waals surface area contributed by atoms with Gasteiger partial charge in [0.25, 0.3) is 0 Å². The molecule has 0 bridgehead atoms. The quantitative estimate of drug-likeness (QED) is 0.603. The third-order valence-corrected chi connectivity index (χ3v) is 2.37. The van der Waals surface area contributed by atoms with E-state index in [-0.39, 0.29) is 0 Å². The van der Waals surface area contributed by atoms with Gasteiger partial charge in [-0.3, -0.25) is 0 Å². The summed E-state index contributed by atoms with van der Waals surface area (Å²) in [6.07, 6.45) is 1.72. The SMILES string of the molecule is CCc1cc(N)c(N)c(CC)c1N. The van der Waals surface area contributed by atoms with Crippen molar-refractivity contribution in [2.45, 2.75) is 26.7 Å². The van der Waals surface area contributed by atoms with Crippen molar-refractivity contribution in [3.8, 4) is 0 Å². The molecule has 0 atom stereocenters. The fourth-order valence-corrected chi connectivity index (χ4v) is 1.53. The van der Waals surface area contributed by atoms with Crippen LogP contribution in [0.25, 0.3) is 0 Å². The minimum Gasteiger partial charge on any atom is -0.398 e. The summed E-state index contributed by atoms with van der Waals surface area (Å²) >= 11 is 0. The Morgan fingerprint density at radius 2 is 1.62 bits per heavy atom. The Balaban J connectivity index is 3.39. The van der Waals surface area contributed by atoms with Crippen LogP contribution in [0.1, 0.15) is 25.0 Å². The van der Waals surface area contributed by atoms with Crippen molar-refractivity contribution < 1.29 is 0 Å². The van der Waals surface area contributed by atoms with Gasteiger partial charge in [-0.1, -0.05) is 13.8 Å². The monoisotopic (exact) mass is 179 g/mol. The number of nitrogens with two attached hydrogens (primary N) is 3. The summed E-state index contributed by atoms with van der Waals surface area (Å²) in [6, 6.07) is 1.86. The zero-order valence-electron chi connectivity index (χ0n) is 8.22. The van der Waals surface area contributed by atoms with E-state index in [4.69, 9.17) is 17.2 Å². The molecule has 0 aromatic heterocycles. The van der Waals surface area contributed by atoms with E-state index in [0.717, 1.165) is 29.7 Å². The van der Waals surface area contributed by atoms with Crippen LogP contribution < -0.4 is 17.2 Å². The molecule has 1 aromatic rings. The number of hydrogen-bond donors (Lipinski definition) is 3. The highest BCUT2D eigenvalue weighted by Gasteiger charge is 2.09. The highest BCUT2D eigenvalue weighted by atomic mass is 14.7. The zero-order chi connectivity index (χ0) is 10.0. The molecule has 0 heterocycles. The number of nitrogen functional groups attached to an aromatic ring is 3. The van der Waals surface area contributed by atoms with Crippen LogP contribution in [0.3, 0.4) is 0 Å². The van der Waals surface area contributed by atoms with Gasteiger partial charge in [-0.05, 0) is 24.5 Å². The van der Waals surface area contributed by atoms with Gasteiger partial charge >= 0.3 is 0 Å². The maximum Gasteiger partial charge on any atom is 0.0601 e. The third kappa shape index (κ3) is 1.54. The maximum atomic E-state index is 5.94. The fraction of sp³-hybridized carbons (Fsp3) is 0.400. The van der Waals surface area contributed by atoms with Crippen LogP contribution in [0.5, 0.6) is 0 Å². The normalized spacial score (nSPS) is 10.3. The molecule has 0 amide bonds. The summed E-state index contributed by atoms with van der Waals surface area (Å²) in [4.78, 5) is 0. The predicted molar refractivity (Wildman–Crippen MR) is 58.4 cm³/mol. The van der Waals surface area contributed by atoms with E-state index in [9.17, 15) is 0 Å². The average Bonchev–Trinajstić information content (AvgIpc) is 2.12. The van der Waals surface area contributed by atoms with Gasteiger partial charge in [-0.2, -0.15) is 0 Å². The Bertz CT molecular complexity index is 318. The second kappa shape index (κ2) is 3.56. The topological polar surface area (TPSA) is 78.1 Å². The van der Waals surface area contributed by atoms with Gasteiger partial charge in [0.05, 0.1) is 11.4 Å². The number of hydrogen-bond acceptors (Lipinski definition) is 3. The highest BCUT2D eigenvalue weighted by Crippen LogP contribution is 2.30. The summed E-state index contributed by atoms with van der Waals surface area (Å²) < 4.78 is 0. The van der Waals surface area contributed by atoms with Gasteiger partial charge in [0, 0.05) is 11.3 Å². The predicted octanol–water partition coefficient (Wildman–Crippen LogP) is 1.56. The van der Waals surface area contributed by atoms with Crippen LogP contribution in [0, 0.1) is 0 Å². The standard InChI is InChI=1S/C10H17N3/c1-3-6-5-8(11)10(13)7(4-2)9(6)12/h5H,3-4,11-13H2,1-2H3. The van der Waals surface area contributed by atoms with Crippen molar-refractivity contribution in [3.05, 3.63) is 17.2 Å². The molecule has 0 unspecified atom stereocenters. The Hall–Kier alpha value is -1.38. The van der Waals surface area contributed by atoms with E-state index in [1.165, 1.54) is 0 Å². The van der Waals surface area contributed by atoms with Gasteiger partial charge in [0.1, 0.15) is 0 Å². The van der Waals surface area contributed by atoms with E-state index < -0.39 is 0 Å². The highest BCUT2D eigenvalue weighted by molar-refractivity contribution is 5.77. The lowest BCUT2D eigenvalue weighted by atomic mass is 10.0.